The standard InChI is InChI=1S/C9H14F2N2O2/c10-8(11)9(15)12-5-1-2-7(14)13-6-3-4-6/h6,8H,1-5H2,(H,12,15)(H,13,14). The second-order valence-electron chi connectivity index (χ2n) is 3.54. The topological polar surface area (TPSA) is 58.2 Å². The largest absolute Gasteiger partial charge is 0.353 e. The van der Waals surface area contributed by atoms with Gasteiger partial charge in [-0.3, -0.25) is 9.59 Å². The molecule has 1 saturated carbocycles. The second kappa shape index (κ2) is 5.63. The highest BCUT2D eigenvalue weighted by Crippen LogP contribution is 2.18. The fourth-order valence-electron chi connectivity index (χ4n) is 1.07. The maximum Gasteiger partial charge on any atom is 0.315 e. The van der Waals surface area contributed by atoms with Crippen molar-refractivity contribution < 1.29 is 18.4 Å². The number of halogens is 2. The summed E-state index contributed by atoms with van der Waals surface area (Å²) in [6, 6.07) is 0.313. The van der Waals surface area contributed by atoms with Crippen molar-refractivity contribution >= 4 is 11.8 Å². The van der Waals surface area contributed by atoms with E-state index in [9.17, 15) is 18.4 Å². The Morgan fingerprint density at radius 1 is 1.33 bits per heavy atom. The molecule has 0 unspecified atom stereocenters. The van der Waals surface area contributed by atoms with Crippen LogP contribution in [-0.2, 0) is 9.59 Å². The fourth-order valence-corrected chi connectivity index (χ4v) is 1.07. The molecule has 1 fully saturated rings. The molecule has 0 heterocycles. The van der Waals surface area contributed by atoms with E-state index >= 15 is 0 Å². The summed E-state index contributed by atoms with van der Waals surface area (Å²) in [7, 11) is 0. The molecule has 15 heavy (non-hydrogen) atoms. The number of amides is 2. The summed E-state index contributed by atoms with van der Waals surface area (Å²) in [6.45, 7) is 0.112. The smallest absolute Gasteiger partial charge is 0.315 e. The van der Waals surface area contributed by atoms with Crippen LogP contribution < -0.4 is 10.6 Å². The van der Waals surface area contributed by atoms with Gasteiger partial charge in [0, 0.05) is 19.0 Å². The summed E-state index contributed by atoms with van der Waals surface area (Å²) in [6.07, 6.45) is -0.288. The first-order chi connectivity index (χ1) is 7.09. The minimum atomic E-state index is -2.98. The molecule has 0 aromatic rings. The number of carbonyl (C=O) groups excluding carboxylic acids is 2. The van der Waals surface area contributed by atoms with E-state index < -0.39 is 12.3 Å². The summed E-state index contributed by atoms with van der Waals surface area (Å²) in [5, 5.41) is 4.80. The molecule has 0 bridgehead atoms. The highest BCUT2D eigenvalue weighted by molar-refractivity contribution is 5.79. The lowest BCUT2D eigenvalue weighted by atomic mass is 10.3. The first-order valence-corrected chi connectivity index (χ1v) is 4.95. The van der Waals surface area contributed by atoms with Gasteiger partial charge >= 0.3 is 6.43 Å². The molecule has 6 heteroatoms. The monoisotopic (exact) mass is 220 g/mol. The van der Waals surface area contributed by atoms with Gasteiger partial charge in [-0.05, 0) is 19.3 Å². The summed E-state index contributed by atoms with van der Waals surface area (Å²) in [5.74, 6) is -1.36. The predicted molar refractivity (Wildman–Crippen MR) is 49.4 cm³/mol. The number of hydrogen-bond acceptors (Lipinski definition) is 2. The Balaban J connectivity index is 1.95. The average molecular weight is 220 g/mol. The molecule has 0 atom stereocenters. The maximum absolute atomic E-state index is 11.7. The van der Waals surface area contributed by atoms with Crippen molar-refractivity contribution in [2.75, 3.05) is 6.54 Å². The van der Waals surface area contributed by atoms with Crippen LogP contribution in [0.4, 0.5) is 8.78 Å². The number of carbonyl (C=O) groups is 2. The third kappa shape index (κ3) is 5.29. The molecule has 0 saturated heterocycles. The molecule has 0 spiro atoms. The van der Waals surface area contributed by atoms with Crippen molar-refractivity contribution in [3.63, 3.8) is 0 Å². The maximum atomic E-state index is 11.7. The molecule has 86 valence electrons. The van der Waals surface area contributed by atoms with Crippen LogP contribution in [0.2, 0.25) is 0 Å². The minimum Gasteiger partial charge on any atom is -0.353 e. The Labute approximate surface area is 86.4 Å². The van der Waals surface area contributed by atoms with Crippen LogP contribution in [-0.4, -0.2) is 30.8 Å². The Bertz CT molecular complexity index is 242. The van der Waals surface area contributed by atoms with Gasteiger partial charge in [-0.15, -0.1) is 0 Å². The number of nitrogens with one attached hydrogen (secondary N) is 2. The highest BCUT2D eigenvalue weighted by atomic mass is 19.3. The van der Waals surface area contributed by atoms with Crippen molar-refractivity contribution in [2.24, 2.45) is 0 Å². The first-order valence-electron chi connectivity index (χ1n) is 4.95. The van der Waals surface area contributed by atoms with Gasteiger partial charge in [0.25, 0.3) is 5.91 Å². The zero-order valence-electron chi connectivity index (χ0n) is 8.26. The predicted octanol–water partition coefficient (Wildman–Crippen LogP) is 0.426. The van der Waals surface area contributed by atoms with Gasteiger partial charge in [-0.1, -0.05) is 0 Å². The van der Waals surface area contributed by atoms with Crippen LogP contribution in [0.15, 0.2) is 0 Å². The van der Waals surface area contributed by atoms with E-state index in [0.717, 1.165) is 12.8 Å². The SMILES string of the molecule is O=C(CCCNC(=O)C(F)F)NC1CC1. The second-order valence-corrected chi connectivity index (χ2v) is 3.54. The van der Waals surface area contributed by atoms with E-state index in [0.29, 0.717) is 12.5 Å². The molecule has 2 amide bonds. The van der Waals surface area contributed by atoms with Gasteiger partial charge in [0.1, 0.15) is 0 Å². The molecule has 1 rings (SSSR count). The molecule has 1 aliphatic carbocycles. The summed E-state index contributed by atoms with van der Waals surface area (Å²) in [4.78, 5) is 21.5. The summed E-state index contributed by atoms with van der Waals surface area (Å²) >= 11 is 0. The Morgan fingerprint density at radius 2 is 2.00 bits per heavy atom. The van der Waals surface area contributed by atoms with Gasteiger partial charge in [-0.25, -0.2) is 0 Å². The zero-order chi connectivity index (χ0) is 11.3. The third-order valence-electron chi connectivity index (χ3n) is 2.02. The summed E-state index contributed by atoms with van der Waals surface area (Å²) in [5.41, 5.74) is 0. The van der Waals surface area contributed by atoms with Crippen molar-refractivity contribution in [1.82, 2.24) is 10.6 Å². The summed E-state index contributed by atoms with van der Waals surface area (Å²) < 4.78 is 23.4. The van der Waals surface area contributed by atoms with E-state index in [4.69, 9.17) is 0 Å². The van der Waals surface area contributed by atoms with Crippen LogP contribution in [0.5, 0.6) is 0 Å². The normalized spacial score (nSPS) is 15.1. The fraction of sp³-hybridized carbons (Fsp3) is 0.778. The van der Waals surface area contributed by atoms with Crippen molar-refractivity contribution in [1.29, 1.82) is 0 Å². The van der Waals surface area contributed by atoms with Gasteiger partial charge in [0.05, 0.1) is 0 Å². The molecule has 0 aromatic heterocycles. The van der Waals surface area contributed by atoms with E-state index in [2.05, 4.69) is 5.32 Å². The lowest BCUT2D eigenvalue weighted by Gasteiger charge is -2.04. The van der Waals surface area contributed by atoms with Gasteiger partial charge < -0.3 is 10.6 Å². The van der Waals surface area contributed by atoms with Crippen LogP contribution in [0.25, 0.3) is 0 Å². The molecular weight excluding hydrogens is 206 g/mol. The highest BCUT2D eigenvalue weighted by Gasteiger charge is 2.22. The third-order valence-corrected chi connectivity index (χ3v) is 2.02. The van der Waals surface area contributed by atoms with Gasteiger partial charge in [0.2, 0.25) is 5.91 Å². The van der Waals surface area contributed by atoms with Crippen molar-refractivity contribution in [3.8, 4) is 0 Å². The van der Waals surface area contributed by atoms with Crippen molar-refractivity contribution in [3.05, 3.63) is 0 Å². The molecule has 0 radical (unpaired) electrons. The first kappa shape index (κ1) is 11.9. The van der Waals surface area contributed by atoms with Gasteiger partial charge in [-0.2, -0.15) is 8.78 Å². The quantitative estimate of drug-likeness (QED) is 0.637. The van der Waals surface area contributed by atoms with Crippen LogP contribution in [0, 0.1) is 0 Å². The van der Waals surface area contributed by atoms with E-state index in [1.807, 2.05) is 5.32 Å². The Morgan fingerprint density at radius 3 is 2.53 bits per heavy atom. The molecule has 2 N–H and O–H groups in total. The molecule has 0 aromatic carbocycles. The number of alkyl halides is 2. The van der Waals surface area contributed by atoms with Crippen LogP contribution in [0.1, 0.15) is 25.7 Å². The minimum absolute atomic E-state index is 0.0798. The molecule has 0 aliphatic heterocycles. The van der Waals surface area contributed by atoms with E-state index in [-0.39, 0.29) is 18.9 Å². The van der Waals surface area contributed by atoms with Gasteiger partial charge in [0.15, 0.2) is 0 Å². The molecule has 1 aliphatic rings. The van der Waals surface area contributed by atoms with E-state index in [1.165, 1.54) is 0 Å². The van der Waals surface area contributed by atoms with E-state index in [1.54, 1.807) is 0 Å². The zero-order valence-corrected chi connectivity index (χ0v) is 8.26. The number of hydrogen-bond donors (Lipinski definition) is 2. The lowest BCUT2D eigenvalue weighted by Crippen LogP contribution is -2.31. The molecule has 4 nitrogen and oxygen atoms in total. The Hall–Kier alpha value is -1.20. The number of rotatable bonds is 6. The Kier molecular flexibility index (Phi) is 4.45. The molecular formula is C9H14F2N2O2. The lowest BCUT2D eigenvalue weighted by molar-refractivity contribution is -0.131. The van der Waals surface area contributed by atoms with Crippen LogP contribution >= 0.6 is 0 Å². The average Bonchev–Trinajstić information content (AvgIpc) is 2.95. The van der Waals surface area contributed by atoms with Crippen molar-refractivity contribution in [2.45, 2.75) is 38.2 Å². The van der Waals surface area contributed by atoms with Crippen LogP contribution in [0.3, 0.4) is 0 Å².